The predicted octanol–water partition coefficient (Wildman–Crippen LogP) is 1.41. The van der Waals surface area contributed by atoms with E-state index in [0.29, 0.717) is 10.4 Å². The van der Waals surface area contributed by atoms with Crippen molar-refractivity contribution in [2.24, 2.45) is 0 Å². The highest BCUT2D eigenvalue weighted by molar-refractivity contribution is 7.89. The SMILES string of the molecule is CC(C#N)N(C)S(=O)(=O)c1cc([N+](=O)[O-])c(F)cc1F. The maximum Gasteiger partial charge on any atom is 0.306 e. The molecule has 7 nitrogen and oxygen atoms in total. The zero-order chi connectivity index (χ0) is 15.7. The van der Waals surface area contributed by atoms with Gasteiger partial charge in [-0.3, -0.25) is 10.1 Å². The lowest BCUT2D eigenvalue weighted by molar-refractivity contribution is -0.387. The van der Waals surface area contributed by atoms with E-state index in [9.17, 15) is 27.3 Å². The van der Waals surface area contributed by atoms with E-state index >= 15 is 0 Å². The van der Waals surface area contributed by atoms with Crippen molar-refractivity contribution in [1.82, 2.24) is 4.31 Å². The average molecular weight is 305 g/mol. The Morgan fingerprint density at radius 3 is 2.40 bits per heavy atom. The molecule has 0 N–H and O–H groups in total. The van der Waals surface area contributed by atoms with Crippen LogP contribution in [-0.2, 0) is 10.0 Å². The lowest BCUT2D eigenvalue weighted by Gasteiger charge is -2.19. The van der Waals surface area contributed by atoms with E-state index in [0.717, 1.165) is 7.05 Å². The van der Waals surface area contributed by atoms with Crippen LogP contribution < -0.4 is 0 Å². The lowest BCUT2D eigenvalue weighted by Crippen LogP contribution is -2.34. The first-order valence-electron chi connectivity index (χ1n) is 5.14. The Bertz CT molecular complexity index is 699. The highest BCUT2D eigenvalue weighted by atomic mass is 32.2. The van der Waals surface area contributed by atoms with Crippen LogP contribution in [0, 0.1) is 33.1 Å². The third-order valence-electron chi connectivity index (χ3n) is 2.59. The van der Waals surface area contributed by atoms with Gasteiger partial charge in [0.1, 0.15) is 16.8 Å². The Morgan fingerprint density at radius 1 is 1.40 bits per heavy atom. The fraction of sp³-hybridized carbons (Fsp3) is 0.300. The van der Waals surface area contributed by atoms with Crippen molar-refractivity contribution in [3.05, 3.63) is 33.9 Å². The van der Waals surface area contributed by atoms with Crippen LogP contribution in [0.25, 0.3) is 0 Å². The first-order chi connectivity index (χ1) is 9.12. The van der Waals surface area contributed by atoms with E-state index in [2.05, 4.69) is 0 Å². The minimum Gasteiger partial charge on any atom is -0.258 e. The maximum atomic E-state index is 13.6. The molecule has 108 valence electrons. The largest absolute Gasteiger partial charge is 0.306 e. The topological polar surface area (TPSA) is 104 Å². The molecule has 0 spiro atoms. The van der Waals surface area contributed by atoms with Crippen molar-refractivity contribution in [2.75, 3.05) is 7.05 Å². The van der Waals surface area contributed by atoms with Crippen molar-refractivity contribution in [3.8, 4) is 6.07 Å². The fourth-order valence-corrected chi connectivity index (χ4v) is 2.64. The van der Waals surface area contributed by atoms with Gasteiger partial charge in [0.25, 0.3) is 0 Å². The maximum absolute atomic E-state index is 13.6. The Kier molecular flexibility index (Phi) is 4.36. The molecular weight excluding hydrogens is 296 g/mol. The molecule has 10 heteroatoms. The van der Waals surface area contributed by atoms with Crippen molar-refractivity contribution in [1.29, 1.82) is 5.26 Å². The number of halogens is 2. The number of hydrogen-bond acceptors (Lipinski definition) is 5. The summed E-state index contributed by atoms with van der Waals surface area (Å²) in [5.41, 5.74) is -1.16. The monoisotopic (exact) mass is 305 g/mol. The van der Waals surface area contributed by atoms with Crippen molar-refractivity contribution >= 4 is 15.7 Å². The van der Waals surface area contributed by atoms with E-state index in [1.54, 1.807) is 6.07 Å². The van der Waals surface area contributed by atoms with Crippen LogP contribution in [-0.4, -0.2) is 30.7 Å². The molecule has 1 aromatic rings. The fourth-order valence-electron chi connectivity index (χ4n) is 1.30. The van der Waals surface area contributed by atoms with Gasteiger partial charge in [-0.2, -0.15) is 14.0 Å². The molecule has 0 bridgehead atoms. The molecule has 20 heavy (non-hydrogen) atoms. The molecule has 0 radical (unpaired) electrons. The zero-order valence-electron chi connectivity index (χ0n) is 10.4. The molecule has 1 aromatic carbocycles. The molecule has 0 amide bonds. The van der Waals surface area contributed by atoms with Gasteiger partial charge in [-0.25, -0.2) is 12.8 Å². The Morgan fingerprint density at radius 2 is 1.95 bits per heavy atom. The standard InChI is InChI=1S/C10H9F2N3O4S/c1-6(5-13)14(2)20(18,19)10-4-9(15(16)17)7(11)3-8(10)12/h3-4,6H,1-2H3. The number of nitrogens with zero attached hydrogens (tertiary/aromatic N) is 3. The summed E-state index contributed by atoms with van der Waals surface area (Å²) < 4.78 is 51.3. The normalized spacial score (nSPS) is 13.0. The second kappa shape index (κ2) is 5.48. The summed E-state index contributed by atoms with van der Waals surface area (Å²) in [5, 5.41) is 19.2. The third kappa shape index (κ3) is 2.73. The summed E-state index contributed by atoms with van der Waals surface area (Å²) in [5.74, 6) is -2.95. The number of benzene rings is 1. The summed E-state index contributed by atoms with van der Waals surface area (Å²) in [6, 6.07) is 0.917. The van der Waals surface area contributed by atoms with Crippen LogP contribution in [0.1, 0.15) is 6.92 Å². The molecule has 1 unspecified atom stereocenters. The van der Waals surface area contributed by atoms with Gasteiger partial charge in [0.15, 0.2) is 0 Å². The van der Waals surface area contributed by atoms with Gasteiger partial charge < -0.3 is 0 Å². The molecule has 0 aromatic heterocycles. The van der Waals surface area contributed by atoms with Gasteiger partial charge in [0.2, 0.25) is 15.8 Å². The summed E-state index contributed by atoms with van der Waals surface area (Å²) in [6.45, 7) is 1.24. The summed E-state index contributed by atoms with van der Waals surface area (Å²) in [6.07, 6.45) is 0. The predicted molar refractivity (Wildman–Crippen MR) is 63.0 cm³/mol. The molecule has 1 atom stereocenters. The van der Waals surface area contributed by atoms with Crippen LogP contribution in [0.5, 0.6) is 0 Å². The van der Waals surface area contributed by atoms with Gasteiger partial charge in [0, 0.05) is 19.2 Å². The first kappa shape index (κ1) is 15.9. The van der Waals surface area contributed by atoms with Gasteiger partial charge in [-0.15, -0.1) is 0 Å². The number of nitro benzene ring substituents is 1. The quantitative estimate of drug-likeness (QED) is 0.617. The molecule has 0 aliphatic heterocycles. The van der Waals surface area contributed by atoms with Gasteiger partial charge >= 0.3 is 5.69 Å². The van der Waals surface area contributed by atoms with Crippen molar-refractivity contribution in [3.63, 3.8) is 0 Å². The molecular formula is C10H9F2N3O4S. The number of rotatable bonds is 4. The lowest BCUT2D eigenvalue weighted by atomic mass is 10.3. The van der Waals surface area contributed by atoms with Gasteiger partial charge in [-0.05, 0) is 6.92 Å². The Balaban J connectivity index is 3.51. The van der Waals surface area contributed by atoms with Crippen LogP contribution in [0.2, 0.25) is 0 Å². The average Bonchev–Trinajstić information content (AvgIpc) is 2.35. The van der Waals surface area contributed by atoms with E-state index < -0.39 is 43.2 Å². The summed E-state index contributed by atoms with van der Waals surface area (Å²) in [7, 11) is -3.48. The highest BCUT2D eigenvalue weighted by Gasteiger charge is 2.31. The van der Waals surface area contributed by atoms with Crippen LogP contribution in [0.4, 0.5) is 14.5 Å². The molecule has 0 fully saturated rings. The smallest absolute Gasteiger partial charge is 0.258 e. The molecule has 0 saturated carbocycles. The van der Waals surface area contributed by atoms with E-state index in [1.807, 2.05) is 0 Å². The highest BCUT2D eigenvalue weighted by Crippen LogP contribution is 2.27. The van der Waals surface area contributed by atoms with Crippen LogP contribution >= 0.6 is 0 Å². The molecule has 0 saturated heterocycles. The first-order valence-corrected chi connectivity index (χ1v) is 6.58. The summed E-state index contributed by atoms with van der Waals surface area (Å²) in [4.78, 5) is 8.33. The van der Waals surface area contributed by atoms with E-state index in [-0.39, 0.29) is 6.07 Å². The number of nitro groups is 1. The molecule has 1 rings (SSSR count). The third-order valence-corrected chi connectivity index (χ3v) is 4.53. The van der Waals surface area contributed by atoms with Crippen molar-refractivity contribution in [2.45, 2.75) is 17.9 Å². The Labute approximate surface area is 113 Å². The van der Waals surface area contributed by atoms with Crippen LogP contribution in [0.15, 0.2) is 17.0 Å². The van der Waals surface area contributed by atoms with Gasteiger partial charge in [0.05, 0.1) is 11.0 Å². The second-order valence-electron chi connectivity index (χ2n) is 3.82. The minimum absolute atomic E-state index is 0.121. The number of nitriles is 1. The molecule has 0 aliphatic rings. The summed E-state index contributed by atoms with van der Waals surface area (Å²) >= 11 is 0. The van der Waals surface area contributed by atoms with Gasteiger partial charge in [-0.1, -0.05) is 0 Å². The minimum atomic E-state index is -4.49. The van der Waals surface area contributed by atoms with E-state index in [1.165, 1.54) is 6.92 Å². The second-order valence-corrected chi connectivity index (χ2v) is 5.78. The molecule has 0 aliphatic carbocycles. The van der Waals surface area contributed by atoms with E-state index in [4.69, 9.17) is 5.26 Å². The Hall–Kier alpha value is -2.12. The molecule has 0 heterocycles. The van der Waals surface area contributed by atoms with Crippen LogP contribution in [0.3, 0.4) is 0 Å². The zero-order valence-corrected chi connectivity index (χ0v) is 11.2. The van der Waals surface area contributed by atoms with Crippen molar-refractivity contribution < 1.29 is 22.1 Å². The number of sulfonamides is 1. The number of hydrogen-bond donors (Lipinski definition) is 0.